The number of ether oxygens (including phenoxy) is 2. The maximum absolute atomic E-state index is 13.4. The number of nitrogens with one attached hydrogen (secondary N) is 1. The monoisotopic (exact) mass is 619 g/mol. The van der Waals surface area contributed by atoms with Crippen LogP contribution in [0.3, 0.4) is 0 Å². The van der Waals surface area contributed by atoms with Crippen LogP contribution >= 0.6 is 11.6 Å². The largest absolute Gasteiger partial charge is 0.489 e. The summed E-state index contributed by atoms with van der Waals surface area (Å²) in [6.45, 7) is 0.902. The molecule has 3 N–H and O–H groups in total. The van der Waals surface area contributed by atoms with E-state index < -0.39 is 24.0 Å². The average Bonchev–Trinajstić information content (AvgIpc) is 3.04. The Morgan fingerprint density at radius 1 is 0.977 bits per heavy atom. The van der Waals surface area contributed by atoms with Crippen LogP contribution in [0.2, 0.25) is 5.02 Å². The third-order valence-electron chi connectivity index (χ3n) is 6.88. The van der Waals surface area contributed by atoms with Gasteiger partial charge in [-0.3, -0.25) is 14.4 Å². The van der Waals surface area contributed by atoms with E-state index in [4.69, 9.17) is 26.8 Å². The number of methoxy groups -OCH3 is 1. The first kappa shape index (κ1) is 34.0. The van der Waals surface area contributed by atoms with Crippen LogP contribution in [0.5, 0.6) is 5.75 Å². The Labute approximate surface area is 263 Å². The zero-order valence-electron chi connectivity index (χ0n) is 24.7. The van der Waals surface area contributed by atoms with Crippen molar-refractivity contribution < 1.29 is 28.7 Å². The average molecular weight is 620 g/mol. The van der Waals surface area contributed by atoms with E-state index in [2.05, 4.69) is 5.32 Å². The lowest BCUT2D eigenvalue weighted by Crippen LogP contribution is -2.50. The number of nitrogens with zero attached hydrogens (tertiary/aromatic N) is 1. The fourth-order valence-electron chi connectivity index (χ4n) is 4.42. The van der Waals surface area contributed by atoms with E-state index in [-0.39, 0.29) is 25.4 Å². The summed E-state index contributed by atoms with van der Waals surface area (Å²) in [5.41, 5.74) is 8.45. The Bertz CT molecular complexity index is 1400. The topological polar surface area (TPSA) is 128 Å². The Morgan fingerprint density at radius 2 is 1.66 bits per heavy atom. The molecule has 0 aliphatic rings. The summed E-state index contributed by atoms with van der Waals surface area (Å²) in [4.78, 5) is 51.6. The van der Waals surface area contributed by atoms with Crippen molar-refractivity contribution in [1.82, 2.24) is 10.2 Å². The van der Waals surface area contributed by atoms with Gasteiger partial charge in [-0.1, -0.05) is 78.3 Å². The Morgan fingerprint density at radius 3 is 2.32 bits per heavy atom. The van der Waals surface area contributed by atoms with Crippen molar-refractivity contribution in [3.63, 3.8) is 0 Å². The van der Waals surface area contributed by atoms with Crippen LogP contribution in [-0.4, -0.2) is 67.9 Å². The summed E-state index contributed by atoms with van der Waals surface area (Å²) in [7, 11) is 1.23. The number of hydrogen-bond acceptors (Lipinski definition) is 7. The Balaban J connectivity index is 1.60. The molecule has 0 aliphatic heterocycles. The van der Waals surface area contributed by atoms with Crippen LogP contribution in [0.25, 0.3) is 0 Å². The fraction of sp³-hybridized carbons (Fsp3) is 0.294. The van der Waals surface area contributed by atoms with Crippen LogP contribution in [-0.2, 0) is 32.0 Å². The van der Waals surface area contributed by atoms with Gasteiger partial charge in [0.15, 0.2) is 6.29 Å². The molecular formula is C34H38ClN3O6. The molecular weight excluding hydrogens is 582 g/mol. The van der Waals surface area contributed by atoms with Crippen LogP contribution in [0.4, 0.5) is 0 Å². The number of aldehydes is 1. The number of halogens is 1. The van der Waals surface area contributed by atoms with E-state index in [0.29, 0.717) is 48.6 Å². The van der Waals surface area contributed by atoms with Gasteiger partial charge >= 0.3 is 5.97 Å². The lowest BCUT2D eigenvalue weighted by molar-refractivity contribution is -0.145. The zero-order chi connectivity index (χ0) is 31.7. The molecule has 9 nitrogen and oxygen atoms in total. The van der Waals surface area contributed by atoms with Gasteiger partial charge in [0.1, 0.15) is 18.4 Å². The third kappa shape index (κ3) is 11.3. The van der Waals surface area contributed by atoms with Crippen LogP contribution in [0, 0.1) is 0 Å². The number of esters is 1. The first-order chi connectivity index (χ1) is 21.3. The zero-order valence-corrected chi connectivity index (χ0v) is 25.4. The summed E-state index contributed by atoms with van der Waals surface area (Å²) in [6, 6.07) is 22.0. The predicted octanol–water partition coefficient (Wildman–Crippen LogP) is 4.17. The SMILES string of the molecule is COC(=O)C(CCC(=O)N(CC=CCOc1cc(Cl)ccc1C=O)CCc1ccccc1)NC(=O)C(N)Cc1ccccc1. The van der Waals surface area contributed by atoms with Crippen molar-refractivity contribution in [3.8, 4) is 5.75 Å². The van der Waals surface area contributed by atoms with Crippen LogP contribution in [0.1, 0.15) is 34.3 Å². The van der Waals surface area contributed by atoms with Gasteiger partial charge in [0, 0.05) is 24.5 Å². The van der Waals surface area contributed by atoms with Crippen LogP contribution < -0.4 is 15.8 Å². The molecule has 2 atom stereocenters. The molecule has 0 saturated heterocycles. The van der Waals surface area contributed by atoms with Crippen LogP contribution in [0.15, 0.2) is 91.0 Å². The molecule has 2 unspecified atom stereocenters. The highest BCUT2D eigenvalue weighted by atomic mass is 35.5. The Hall–Kier alpha value is -4.47. The highest BCUT2D eigenvalue weighted by Crippen LogP contribution is 2.22. The van der Waals surface area contributed by atoms with Gasteiger partial charge in [0.2, 0.25) is 11.8 Å². The molecule has 0 saturated carbocycles. The molecule has 3 rings (SSSR count). The molecule has 3 aromatic rings. The van der Waals surface area contributed by atoms with Crippen molar-refractivity contribution in [2.24, 2.45) is 5.73 Å². The van der Waals surface area contributed by atoms with Crippen molar-refractivity contribution in [2.45, 2.75) is 37.8 Å². The molecule has 0 aliphatic carbocycles. The van der Waals surface area contributed by atoms with E-state index in [1.165, 1.54) is 7.11 Å². The second kappa shape index (κ2) is 18.3. The minimum absolute atomic E-state index is 0.00168. The first-order valence-corrected chi connectivity index (χ1v) is 14.7. The lowest BCUT2D eigenvalue weighted by Gasteiger charge is -2.23. The molecule has 3 aromatic carbocycles. The van der Waals surface area contributed by atoms with Gasteiger partial charge in [-0.05, 0) is 54.7 Å². The lowest BCUT2D eigenvalue weighted by atomic mass is 10.0. The van der Waals surface area contributed by atoms with Gasteiger partial charge in [-0.25, -0.2) is 4.79 Å². The number of amides is 2. The number of carbonyl (C=O) groups excluding carboxylic acids is 4. The van der Waals surface area contributed by atoms with Gasteiger partial charge in [0.05, 0.1) is 18.7 Å². The molecule has 10 heteroatoms. The molecule has 0 heterocycles. The second-order valence-electron chi connectivity index (χ2n) is 10.1. The molecule has 0 aromatic heterocycles. The van der Waals surface area contributed by atoms with Gasteiger partial charge in [-0.15, -0.1) is 0 Å². The molecule has 0 fully saturated rings. The summed E-state index contributed by atoms with van der Waals surface area (Å²) >= 11 is 6.02. The summed E-state index contributed by atoms with van der Waals surface area (Å²) in [6.07, 6.45) is 5.23. The highest BCUT2D eigenvalue weighted by Gasteiger charge is 2.26. The minimum Gasteiger partial charge on any atom is -0.489 e. The molecule has 44 heavy (non-hydrogen) atoms. The third-order valence-corrected chi connectivity index (χ3v) is 7.12. The number of hydrogen-bond donors (Lipinski definition) is 2. The molecule has 0 radical (unpaired) electrons. The first-order valence-electron chi connectivity index (χ1n) is 14.3. The minimum atomic E-state index is -1.03. The highest BCUT2D eigenvalue weighted by molar-refractivity contribution is 6.30. The maximum Gasteiger partial charge on any atom is 0.328 e. The van der Waals surface area contributed by atoms with E-state index >= 15 is 0 Å². The normalized spacial score (nSPS) is 12.2. The maximum atomic E-state index is 13.4. The van der Waals surface area contributed by atoms with E-state index in [1.807, 2.05) is 60.7 Å². The van der Waals surface area contributed by atoms with E-state index in [1.54, 1.807) is 35.3 Å². The van der Waals surface area contributed by atoms with Gasteiger partial charge in [-0.2, -0.15) is 0 Å². The fourth-order valence-corrected chi connectivity index (χ4v) is 4.58. The standard InChI is InChI=1S/C34H38ClN3O6/c1-43-34(42)30(37-33(41)29(36)22-26-12-6-3-7-13-26)16-17-32(40)38(20-18-25-10-4-2-5-11-25)19-8-9-21-44-31-23-28(35)15-14-27(31)24-39/h2-15,23-24,29-30H,16-22,36H2,1H3,(H,37,41). The predicted molar refractivity (Wildman–Crippen MR) is 170 cm³/mol. The quantitative estimate of drug-likeness (QED) is 0.132. The van der Waals surface area contributed by atoms with Crippen molar-refractivity contribution >= 4 is 35.7 Å². The van der Waals surface area contributed by atoms with Crippen molar-refractivity contribution in [1.29, 1.82) is 0 Å². The van der Waals surface area contributed by atoms with Crippen molar-refractivity contribution in [2.75, 3.05) is 26.8 Å². The number of rotatable bonds is 17. The summed E-state index contributed by atoms with van der Waals surface area (Å²) < 4.78 is 10.6. The summed E-state index contributed by atoms with van der Waals surface area (Å²) in [5.74, 6) is -0.977. The van der Waals surface area contributed by atoms with E-state index in [9.17, 15) is 19.2 Å². The van der Waals surface area contributed by atoms with Gasteiger partial charge in [0.25, 0.3) is 0 Å². The number of carbonyl (C=O) groups is 4. The Kier molecular flexibility index (Phi) is 14.1. The molecule has 0 bridgehead atoms. The van der Waals surface area contributed by atoms with Crippen molar-refractivity contribution in [3.05, 3.63) is 113 Å². The smallest absolute Gasteiger partial charge is 0.328 e. The summed E-state index contributed by atoms with van der Waals surface area (Å²) in [5, 5.41) is 3.11. The molecule has 2 amide bonds. The van der Waals surface area contributed by atoms with E-state index in [0.717, 1.165) is 11.1 Å². The van der Waals surface area contributed by atoms with Gasteiger partial charge < -0.3 is 25.4 Å². The second-order valence-corrected chi connectivity index (χ2v) is 10.5. The molecule has 232 valence electrons. The molecule has 0 spiro atoms. The number of nitrogens with two attached hydrogens (primary N) is 1. The number of benzene rings is 3.